The van der Waals surface area contributed by atoms with Gasteiger partial charge in [-0.25, -0.2) is 0 Å². The summed E-state index contributed by atoms with van der Waals surface area (Å²) in [4.78, 5) is 0. The summed E-state index contributed by atoms with van der Waals surface area (Å²) in [6.45, 7) is 0. The molecule has 0 saturated carbocycles. The second kappa shape index (κ2) is 4.96. The molecule has 0 radical (unpaired) electrons. The van der Waals surface area contributed by atoms with Crippen LogP contribution in [0.5, 0.6) is 0 Å². The van der Waals surface area contributed by atoms with Crippen LogP contribution < -0.4 is 0 Å². The number of rotatable bonds is 2. The third-order valence-corrected chi connectivity index (χ3v) is 13.3. The first-order chi connectivity index (χ1) is 6.77. The van der Waals surface area contributed by atoms with E-state index in [0.29, 0.717) is 0 Å². The zero-order chi connectivity index (χ0) is 9.97. The van der Waals surface area contributed by atoms with Crippen molar-refractivity contribution in [3.05, 3.63) is 53.3 Å². The van der Waals surface area contributed by atoms with Gasteiger partial charge in [0, 0.05) is 0 Å². The first-order valence-corrected chi connectivity index (χ1v) is 12.2. The van der Waals surface area contributed by atoms with Crippen molar-refractivity contribution in [1.82, 2.24) is 0 Å². The summed E-state index contributed by atoms with van der Waals surface area (Å²) >= 11 is 10.2. The molecule has 2 rings (SSSR count). The Kier molecular flexibility index (Phi) is 3.87. The van der Waals surface area contributed by atoms with Gasteiger partial charge in [0.25, 0.3) is 0 Å². The predicted molar refractivity (Wildman–Crippen MR) is 76.1 cm³/mol. The van der Waals surface area contributed by atoms with Gasteiger partial charge in [-0.2, -0.15) is 0 Å². The molecule has 4 heteroatoms. The molecule has 1 aromatic heterocycles. The summed E-state index contributed by atoms with van der Waals surface area (Å²) in [5.74, 6) is 0. The molecule has 74 valence electrons. The van der Waals surface area contributed by atoms with E-state index in [-0.39, 0.29) is 0 Å². The van der Waals surface area contributed by atoms with E-state index in [1.54, 1.807) is 0 Å². The standard InChI is InChI=1S/C10H7BrClIS/c11-13(10-2-1-7-14-10)9-5-3-8(12)4-6-9/h1-7H. The van der Waals surface area contributed by atoms with Crippen molar-refractivity contribution >= 4 is 53.2 Å². The normalized spacial score (nSPS) is 11.4. The minimum atomic E-state index is -1.30. The van der Waals surface area contributed by atoms with Gasteiger partial charge >= 0.3 is 106 Å². The van der Waals surface area contributed by atoms with E-state index in [1.807, 2.05) is 23.5 Å². The van der Waals surface area contributed by atoms with Crippen molar-refractivity contribution in [2.24, 2.45) is 0 Å². The van der Waals surface area contributed by atoms with Crippen molar-refractivity contribution in [3.63, 3.8) is 0 Å². The Balaban J connectivity index is 2.28. The Labute approximate surface area is 105 Å². The van der Waals surface area contributed by atoms with Crippen molar-refractivity contribution in [2.45, 2.75) is 0 Å². The average molecular weight is 401 g/mol. The van der Waals surface area contributed by atoms with E-state index in [4.69, 9.17) is 11.6 Å². The van der Waals surface area contributed by atoms with Gasteiger partial charge in [0.05, 0.1) is 0 Å². The third-order valence-electron chi connectivity index (χ3n) is 1.65. The molecule has 0 spiro atoms. The zero-order valence-corrected chi connectivity index (χ0v) is 12.4. The first kappa shape index (κ1) is 10.9. The van der Waals surface area contributed by atoms with Gasteiger partial charge in [-0.3, -0.25) is 0 Å². The van der Waals surface area contributed by atoms with Crippen LogP contribution in [0, 0.1) is 6.45 Å². The summed E-state index contributed by atoms with van der Waals surface area (Å²) in [7, 11) is 0. The molecule has 0 nitrogen and oxygen atoms in total. The Morgan fingerprint density at radius 3 is 2.43 bits per heavy atom. The Hall–Kier alpha value is 0.420. The summed E-state index contributed by atoms with van der Waals surface area (Å²) in [5, 5.41) is 2.92. The maximum atomic E-state index is 5.85. The number of halogens is 3. The fraction of sp³-hybridized carbons (Fsp3) is 0. The van der Waals surface area contributed by atoms with Crippen LogP contribution in [0.2, 0.25) is 5.02 Å². The molecule has 0 fully saturated rings. The van der Waals surface area contributed by atoms with E-state index in [1.165, 1.54) is 6.45 Å². The van der Waals surface area contributed by atoms with E-state index in [9.17, 15) is 0 Å². The van der Waals surface area contributed by atoms with Crippen molar-refractivity contribution < 1.29 is 0 Å². The SMILES string of the molecule is Clc1ccc(I(Br)c2cccs2)cc1. The quantitative estimate of drug-likeness (QED) is 0.603. The van der Waals surface area contributed by atoms with E-state index >= 15 is 0 Å². The van der Waals surface area contributed by atoms with Gasteiger partial charge in [0.1, 0.15) is 0 Å². The molecule has 0 saturated heterocycles. The zero-order valence-electron chi connectivity index (χ0n) is 7.08. The van der Waals surface area contributed by atoms with Crippen LogP contribution in [0.3, 0.4) is 0 Å². The third kappa shape index (κ3) is 2.51. The van der Waals surface area contributed by atoms with Crippen molar-refractivity contribution in [1.29, 1.82) is 0 Å². The fourth-order valence-corrected chi connectivity index (χ4v) is 8.92. The molecule has 0 aliphatic carbocycles. The molecule has 0 N–H and O–H groups in total. The number of benzene rings is 1. The van der Waals surface area contributed by atoms with Gasteiger partial charge in [-0.05, 0) is 0 Å². The minimum absolute atomic E-state index is 0.803. The molecule has 14 heavy (non-hydrogen) atoms. The monoisotopic (exact) mass is 400 g/mol. The van der Waals surface area contributed by atoms with Gasteiger partial charge in [0.2, 0.25) is 0 Å². The summed E-state index contributed by atoms with van der Waals surface area (Å²) in [6.07, 6.45) is 0. The second-order valence-corrected chi connectivity index (χ2v) is 12.5. The first-order valence-electron chi connectivity index (χ1n) is 3.93. The van der Waals surface area contributed by atoms with E-state index in [0.717, 1.165) is 5.02 Å². The summed E-state index contributed by atoms with van der Waals surface area (Å²) in [6, 6.07) is 12.4. The Morgan fingerprint density at radius 1 is 1.14 bits per heavy atom. The molecule has 0 atom stereocenters. The number of hydrogen-bond donors (Lipinski definition) is 0. The van der Waals surface area contributed by atoms with Crippen LogP contribution in [0.15, 0.2) is 41.8 Å². The summed E-state index contributed by atoms with van der Waals surface area (Å²) < 4.78 is 2.86. The van der Waals surface area contributed by atoms with Gasteiger partial charge in [-0.1, -0.05) is 0 Å². The van der Waals surface area contributed by atoms with Gasteiger partial charge in [0.15, 0.2) is 0 Å². The molecule has 1 heterocycles. The number of hydrogen-bond acceptors (Lipinski definition) is 1. The summed E-state index contributed by atoms with van der Waals surface area (Å²) in [5.41, 5.74) is 0. The molecule has 0 bridgehead atoms. The van der Waals surface area contributed by atoms with Crippen LogP contribution in [-0.2, 0) is 0 Å². The van der Waals surface area contributed by atoms with Gasteiger partial charge in [-0.15, -0.1) is 0 Å². The molecule has 0 aliphatic rings. The predicted octanol–water partition coefficient (Wildman–Crippen LogP) is 5.26. The van der Waals surface area contributed by atoms with E-state index < -0.39 is 17.6 Å². The molecule has 0 amide bonds. The Morgan fingerprint density at radius 2 is 1.86 bits per heavy atom. The Bertz CT molecular complexity index is 399. The number of thiophene rings is 1. The molecule has 0 aliphatic heterocycles. The average Bonchev–Trinajstić information content (AvgIpc) is 2.71. The maximum absolute atomic E-state index is 5.85. The second-order valence-electron chi connectivity index (χ2n) is 2.59. The molecule has 0 unspecified atom stereocenters. The van der Waals surface area contributed by atoms with Crippen molar-refractivity contribution in [3.8, 4) is 0 Å². The topological polar surface area (TPSA) is 0 Å². The van der Waals surface area contributed by atoms with Crippen LogP contribution in [0.4, 0.5) is 0 Å². The molecule has 2 aromatic rings. The molecular weight excluding hydrogens is 394 g/mol. The van der Waals surface area contributed by atoms with Gasteiger partial charge < -0.3 is 0 Å². The van der Waals surface area contributed by atoms with Crippen LogP contribution >= 0.6 is 53.2 Å². The van der Waals surface area contributed by atoms with E-state index in [2.05, 4.69) is 42.3 Å². The molecule has 1 aromatic carbocycles. The van der Waals surface area contributed by atoms with Crippen LogP contribution in [0.25, 0.3) is 0 Å². The van der Waals surface area contributed by atoms with Crippen LogP contribution in [-0.4, -0.2) is 0 Å². The molecular formula is C10H7BrClIS. The van der Waals surface area contributed by atoms with Crippen LogP contribution in [0.1, 0.15) is 0 Å². The fourth-order valence-electron chi connectivity index (χ4n) is 1.00. The van der Waals surface area contributed by atoms with Crippen molar-refractivity contribution in [2.75, 3.05) is 0 Å².